The molecule has 1 aliphatic rings. The average Bonchev–Trinajstić information content (AvgIpc) is 2.35. The van der Waals surface area contributed by atoms with Crippen LogP contribution in [0.2, 0.25) is 0 Å². The normalized spacial score (nSPS) is 15.6. The van der Waals surface area contributed by atoms with Crippen molar-refractivity contribution in [1.82, 2.24) is 4.98 Å². The molecule has 2 nitrogen and oxygen atoms in total. The number of alkyl halides is 1. The Kier molecular flexibility index (Phi) is 3.37. The van der Waals surface area contributed by atoms with Crippen LogP contribution >= 0.6 is 11.6 Å². The summed E-state index contributed by atoms with van der Waals surface area (Å²) in [6.07, 6.45) is 3.87. The molecule has 0 N–H and O–H groups in total. The second kappa shape index (κ2) is 5.15. The SMILES string of the molecule is ClCCN(c1ccc2ccccc2n1)C1CCC1. The molecule has 0 aliphatic heterocycles. The minimum atomic E-state index is 0.636. The third-order valence-corrected chi connectivity index (χ3v) is 3.89. The number of pyridine rings is 1. The summed E-state index contributed by atoms with van der Waals surface area (Å²) in [6, 6.07) is 13.2. The lowest BCUT2D eigenvalue weighted by Gasteiger charge is -2.38. The van der Waals surface area contributed by atoms with Crippen molar-refractivity contribution in [3.05, 3.63) is 36.4 Å². The van der Waals surface area contributed by atoms with Crippen molar-refractivity contribution in [1.29, 1.82) is 0 Å². The Labute approximate surface area is 113 Å². The smallest absolute Gasteiger partial charge is 0.129 e. The van der Waals surface area contributed by atoms with Crippen molar-refractivity contribution in [2.45, 2.75) is 25.3 Å². The van der Waals surface area contributed by atoms with E-state index in [0.29, 0.717) is 11.9 Å². The molecule has 0 unspecified atom stereocenters. The van der Waals surface area contributed by atoms with E-state index in [4.69, 9.17) is 16.6 Å². The minimum Gasteiger partial charge on any atom is -0.352 e. The van der Waals surface area contributed by atoms with Crippen LogP contribution in [0.1, 0.15) is 19.3 Å². The molecule has 0 amide bonds. The highest BCUT2D eigenvalue weighted by Gasteiger charge is 2.25. The monoisotopic (exact) mass is 260 g/mol. The average molecular weight is 261 g/mol. The highest BCUT2D eigenvalue weighted by atomic mass is 35.5. The summed E-state index contributed by atoms with van der Waals surface area (Å²) >= 11 is 5.92. The molecule has 0 radical (unpaired) electrons. The Hall–Kier alpha value is -1.28. The molecule has 0 atom stereocenters. The van der Waals surface area contributed by atoms with Gasteiger partial charge in [-0.25, -0.2) is 4.98 Å². The number of aromatic nitrogens is 1. The fourth-order valence-electron chi connectivity index (χ4n) is 2.49. The molecule has 1 aliphatic carbocycles. The van der Waals surface area contributed by atoms with Crippen LogP contribution in [0, 0.1) is 0 Å². The van der Waals surface area contributed by atoms with Crippen LogP contribution in [-0.2, 0) is 0 Å². The van der Waals surface area contributed by atoms with E-state index in [2.05, 4.69) is 29.2 Å². The van der Waals surface area contributed by atoms with Gasteiger partial charge in [-0.15, -0.1) is 11.6 Å². The molecule has 3 heteroatoms. The van der Waals surface area contributed by atoms with E-state index in [9.17, 15) is 0 Å². The highest BCUT2D eigenvalue weighted by Crippen LogP contribution is 2.29. The van der Waals surface area contributed by atoms with Gasteiger partial charge in [-0.2, -0.15) is 0 Å². The molecule has 18 heavy (non-hydrogen) atoms. The van der Waals surface area contributed by atoms with E-state index in [1.54, 1.807) is 0 Å². The minimum absolute atomic E-state index is 0.636. The summed E-state index contributed by atoms with van der Waals surface area (Å²) < 4.78 is 0. The summed E-state index contributed by atoms with van der Waals surface area (Å²) in [5.74, 6) is 1.73. The van der Waals surface area contributed by atoms with Gasteiger partial charge in [0.2, 0.25) is 0 Å². The number of halogens is 1. The number of hydrogen-bond acceptors (Lipinski definition) is 2. The van der Waals surface area contributed by atoms with Crippen molar-refractivity contribution in [2.75, 3.05) is 17.3 Å². The first-order chi connectivity index (χ1) is 8.88. The predicted octanol–water partition coefficient (Wildman–Crippen LogP) is 3.83. The van der Waals surface area contributed by atoms with E-state index >= 15 is 0 Å². The van der Waals surface area contributed by atoms with E-state index in [-0.39, 0.29) is 0 Å². The summed E-state index contributed by atoms with van der Waals surface area (Å²) in [5.41, 5.74) is 1.06. The number of anilines is 1. The third kappa shape index (κ3) is 2.17. The van der Waals surface area contributed by atoms with Crippen molar-refractivity contribution in [2.24, 2.45) is 0 Å². The van der Waals surface area contributed by atoms with Crippen LogP contribution in [0.5, 0.6) is 0 Å². The maximum atomic E-state index is 5.92. The van der Waals surface area contributed by atoms with Crippen LogP contribution in [0.3, 0.4) is 0 Å². The zero-order valence-electron chi connectivity index (χ0n) is 10.3. The Bertz CT molecular complexity index is 537. The van der Waals surface area contributed by atoms with Crippen LogP contribution in [0.15, 0.2) is 36.4 Å². The number of rotatable bonds is 4. The van der Waals surface area contributed by atoms with Crippen LogP contribution < -0.4 is 4.90 Å². The molecule has 1 heterocycles. The second-order valence-corrected chi connectivity index (χ2v) is 5.21. The van der Waals surface area contributed by atoms with Gasteiger partial charge in [0.05, 0.1) is 5.52 Å². The quantitative estimate of drug-likeness (QED) is 0.777. The molecule has 0 spiro atoms. The Morgan fingerprint density at radius 1 is 1.17 bits per heavy atom. The van der Waals surface area contributed by atoms with Crippen molar-refractivity contribution in [3.63, 3.8) is 0 Å². The van der Waals surface area contributed by atoms with E-state index in [1.165, 1.54) is 24.6 Å². The van der Waals surface area contributed by atoms with Crippen molar-refractivity contribution < 1.29 is 0 Å². The second-order valence-electron chi connectivity index (χ2n) is 4.83. The lowest BCUT2D eigenvalue weighted by molar-refractivity contribution is 0.389. The molecular formula is C15H17ClN2. The molecule has 0 saturated heterocycles. The summed E-state index contributed by atoms with van der Waals surface area (Å²) in [6.45, 7) is 0.886. The van der Waals surface area contributed by atoms with Crippen molar-refractivity contribution >= 4 is 28.3 Å². The maximum absolute atomic E-state index is 5.92. The molecule has 2 aromatic rings. The van der Waals surface area contributed by atoms with E-state index < -0.39 is 0 Å². The molecule has 94 valence electrons. The van der Waals surface area contributed by atoms with Gasteiger partial charge < -0.3 is 4.90 Å². The van der Waals surface area contributed by atoms with Gasteiger partial charge in [-0.1, -0.05) is 18.2 Å². The summed E-state index contributed by atoms with van der Waals surface area (Å²) in [5, 5.41) is 1.20. The van der Waals surface area contributed by atoms with Gasteiger partial charge in [0, 0.05) is 23.9 Å². The fraction of sp³-hybridized carbons (Fsp3) is 0.400. The Morgan fingerprint density at radius 3 is 2.72 bits per heavy atom. The van der Waals surface area contributed by atoms with Crippen molar-refractivity contribution in [3.8, 4) is 0 Å². The topological polar surface area (TPSA) is 16.1 Å². The van der Waals surface area contributed by atoms with Gasteiger partial charge in [-0.05, 0) is 37.5 Å². The van der Waals surface area contributed by atoms with Gasteiger partial charge in [-0.3, -0.25) is 0 Å². The number of hydrogen-bond donors (Lipinski definition) is 0. The Morgan fingerprint density at radius 2 is 2.00 bits per heavy atom. The lowest BCUT2D eigenvalue weighted by Crippen LogP contribution is -2.41. The maximum Gasteiger partial charge on any atom is 0.129 e. The molecule has 1 saturated carbocycles. The molecule has 0 bridgehead atoms. The number of benzene rings is 1. The van der Waals surface area contributed by atoms with Gasteiger partial charge in [0.25, 0.3) is 0 Å². The number of para-hydroxylation sites is 1. The molecule has 1 fully saturated rings. The largest absolute Gasteiger partial charge is 0.352 e. The first-order valence-corrected chi connectivity index (χ1v) is 7.10. The van der Waals surface area contributed by atoms with Gasteiger partial charge in [0.15, 0.2) is 0 Å². The summed E-state index contributed by atoms with van der Waals surface area (Å²) in [7, 11) is 0. The highest BCUT2D eigenvalue weighted by molar-refractivity contribution is 6.18. The number of nitrogens with zero attached hydrogens (tertiary/aromatic N) is 2. The lowest BCUT2D eigenvalue weighted by atomic mass is 9.91. The molecule has 3 rings (SSSR count). The van der Waals surface area contributed by atoms with Crippen LogP contribution in [-0.4, -0.2) is 23.5 Å². The van der Waals surface area contributed by atoms with Gasteiger partial charge in [0.1, 0.15) is 5.82 Å². The zero-order chi connectivity index (χ0) is 12.4. The molecule has 1 aromatic heterocycles. The first kappa shape index (κ1) is 11.8. The predicted molar refractivity (Wildman–Crippen MR) is 77.4 cm³/mol. The van der Waals surface area contributed by atoms with E-state index in [0.717, 1.165) is 17.9 Å². The van der Waals surface area contributed by atoms with E-state index in [1.807, 2.05) is 12.1 Å². The van der Waals surface area contributed by atoms with Gasteiger partial charge >= 0.3 is 0 Å². The first-order valence-electron chi connectivity index (χ1n) is 6.57. The number of fused-ring (bicyclic) bond motifs is 1. The fourth-order valence-corrected chi connectivity index (χ4v) is 2.67. The van der Waals surface area contributed by atoms with Crippen LogP contribution in [0.4, 0.5) is 5.82 Å². The van der Waals surface area contributed by atoms with Crippen LogP contribution in [0.25, 0.3) is 10.9 Å². The molecular weight excluding hydrogens is 244 g/mol. The zero-order valence-corrected chi connectivity index (χ0v) is 11.1. The Balaban J connectivity index is 1.95. The third-order valence-electron chi connectivity index (χ3n) is 3.72. The summed E-state index contributed by atoms with van der Waals surface area (Å²) in [4.78, 5) is 7.13. The standard InChI is InChI=1S/C15H17ClN2/c16-10-11-18(13-5-3-6-13)15-9-8-12-4-1-2-7-14(12)17-15/h1-2,4,7-9,13H,3,5-6,10-11H2. The molecule has 1 aromatic carbocycles.